The van der Waals surface area contributed by atoms with Crippen molar-refractivity contribution in [1.82, 2.24) is 4.90 Å². The number of benzene rings is 2. The van der Waals surface area contributed by atoms with Gasteiger partial charge in [-0.05, 0) is 61.5 Å². The van der Waals surface area contributed by atoms with Crippen molar-refractivity contribution < 1.29 is 22.0 Å². The molecule has 0 spiro atoms. The number of nitrogens with zero attached hydrogens (tertiary/aromatic N) is 1. The van der Waals surface area contributed by atoms with Crippen molar-refractivity contribution in [2.24, 2.45) is 0 Å². The molecule has 1 amide bonds. The van der Waals surface area contributed by atoms with E-state index in [1.807, 2.05) is 13.0 Å². The van der Waals surface area contributed by atoms with E-state index in [1.165, 1.54) is 29.2 Å². The zero-order chi connectivity index (χ0) is 21.2. The van der Waals surface area contributed by atoms with Crippen LogP contribution in [0, 0.1) is 12.7 Å². The largest absolute Gasteiger partial charge is 0.464 e. The SMILES string of the molecule is Cc1ccc(CN(C)C(=O)c2ccc(NS(=O)(=O)c3ccc(F)c(Cl)c3)cc2)o1. The summed E-state index contributed by atoms with van der Waals surface area (Å²) >= 11 is 5.65. The maximum Gasteiger partial charge on any atom is 0.261 e. The molecular weight excluding hydrogens is 419 g/mol. The van der Waals surface area contributed by atoms with Gasteiger partial charge >= 0.3 is 0 Å². The number of carbonyl (C=O) groups is 1. The van der Waals surface area contributed by atoms with Gasteiger partial charge in [-0.3, -0.25) is 9.52 Å². The second-order valence-electron chi connectivity index (χ2n) is 6.43. The zero-order valence-electron chi connectivity index (χ0n) is 15.6. The first-order valence-corrected chi connectivity index (χ1v) is 10.4. The van der Waals surface area contributed by atoms with E-state index >= 15 is 0 Å². The Labute approximate surface area is 173 Å². The summed E-state index contributed by atoms with van der Waals surface area (Å²) in [5.74, 6) is 0.488. The van der Waals surface area contributed by atoms with Gasteiger partial charge in [-0.2, -0.15) is 0 Å². The van der Waals surface area contributed by atoms with E-state index in [-0.39, 0.29) is 21.5 Å². The molecule has 3 aromatic rings. The summed E-state index contributed by atoms with van der Waals surface area (Å²) in [4.78, 5) is 13.9. The van der Waals surface area contributed by atoms with E-state index in [1.54, 1.807) is 13.1 Å². The normalized spacial score (nSPS) is 11.3. The van der Waals surface area contributed by atoms with Crippen molar-refractivity contribution in [1.29, 1.82) is 0 Å². The molecule has 1 N–H and O–H groups in total. The molecule has 1 heterocycles. The van der Waals surface area contributed by atoms with Crippen LogP contribution < -0.4 is 4.72 Å². The minimum absolute atomic E-state index is 0.169. The lowest BCUT2D eigenvalue weighted by Crippen LogP contribution is -2.26. The average molecular weight is 437 g/mol. The molecule has 0 atom stereocenters. The monoisotopic (exact) mass is 436 g/mol. The number of rotatable bonds is 6. The quantitative estimate of drug-likeness (QED) is 0.619. The van der Waals surface area contributed by atoms with E-state index in [2.05, 4.69) is 4.72 Å². The standard InChI is InChI=1S/C20H18ClFN2O4S/c1-13-3-8-16(28-13)12-24(2)20(25)14-4-6-15(7-5-14)23-29(26,27)17-9-10-19(22)18(21)11-17/h3-11,23H,12H2,1-2H3. The summed E-state index contributed by atoms with van der Waals surface area (Å²) in [6.07, 6.45) is 0. The van der Waals surface area contributed by atoms with E-state index in [4.69, 9.17) is 16.0 Å². The molecule has 0 saturated heterocycles. The van der Waals surface area contributed by atoms with Crippen molar-refractivity contribution in [2.75, 3.05) is 11.8 Å². The van der Waals surface area contributed by atoms with Crippen LogP contribution >= 0.6 is 11.6 Å². The maximum atomic E-state index is 13.2. The smallest absolute Gasteiger partial charge is 0.261 e. The summed E-state index contributed by atoms with van der Waals surface area (Å²) in [6, 6.07) is 12.7. The zero-order valence-corrected chi connectivity index (χ0v) is 17.2. The molecule has 29 heavy (non-hydrogen) atoms. The Morgan fingerprint density at radius 3 is 2.41 bits per heavy atom. The third-order valence-corrected chi connectivity index (χ3v) is 5.79. The van der Waals surface area contributed by atoms with Crippen LogP contribution in [0.25, 0.3) is 0 Å². The highest BCUT2D eigenvalue weighted by molar-refractivity contribution is 7.92. The number of halogens is 2. The molecule has 3 rings (SSSR count). The predicted molar refractivity (Wildman–Crippen MR) is 108 cm³/mol. The molecule has 6 nitrogen and oxygen atoms in total. The molecular formula is C20H18ClFN2O4S. The van der Waals surface area contributed by atoms with Gasteiger partial charge in [0.05, 0.1) is 16.5 Å². The molecule has 0 unspecified atom stereocenters. The van der Waals surface area contributed by atoms with Gasteiger partial charge in [0.1, 0.15) is 17.3 Å². The molecule has 9 heteroatoms. The summed E-state index contributed by atoms with van der Waals surface area (Å²) < 4.78 is 45.9. The van der Waals surface area contributed by atoms with Crippen molar-refractivity contribution in [3.05, 3.63) is 82.5 Å². The summed E-state index contributed by atoms with van der Waals surface area (Å²) in [6.45, 7) is 2.14. The third kappa shape index (κ3) is 4.96. The van der Waals surface area contributed by atoms with E-state index in [9.17, 15) is 17.6 Å². The number of hydrogen-bond acceptors (Lipinski definition) is 4. The molecule has 0 radical (unpaired) electrons. The van der Waals surface area contributed by atoms with Gasteiger partial charge in [0.15, 0.2) is 0 Å². The highest BCUT2D eigenvalue weighted by Gasteiger charge is 2.17. The highest BCUT2D eigenvalue weighted by atomic mass is 35.5. The fourth-order valence-corrected chi connectivity index (χ4v) is 3.96. The minimum Gasteiger partial charge on any atom is -0.464 e. The lowest BCUT2D eigenvalue weighted by molar-refractivity contribution is 0.0775. The summed E-state index contributed by atoms with van der Waals surface area (Å²) in [5.41, 5.74) is 0.648. The number of aryl methyl sites for hydroxylation is 1. The second kappa shape index (κ2) is 8.26. The van der Waals surface area contributed by atoms with Crippen LogP contribution in [0.4, 0.5) is 10.1 Å². The number of carbonyl (C=O) groups excluding carboxylic acids is 1. The Bertz CT molecular complexity index is 1140. The molecule has 0 saturated carbocycles. The van der Waals surface area contributed by atoms with Gasteiger partial charge in [0.25, 0.3) is 15.9 Å². The summed E-state index contributed by atoms with van der Waals surface area (Å²) in [5, 5.41) is -0.288. The maximum absolute atomic E-state index is 13.2. The van der Waals surface area contributed by atoms with Gasteiger partial charge in [0.2, 0.25) is 0 Å². The van der Waals surface area contributed by atoms with Crippen molar-refractivity contribution in [3.8, 4) is 0 Å². The fraction of sp³-hybridized carbons (Fsp3) is 0.150. The van der Waals surface area contributed by atoms with E-state index in [0.29, 0.717) is 17.9 Å². The van der Waals surface area contributed by atoms with E-state index in [0.717, 1.165) is 24.0 Å². The molecule has 2 aromatic carbocycles. The Morgan fingerprint density at radius 2 is 1.83 bits per heavy atom. The Kier molecular flexibility index (Phi) is 5.95. The molecule has 0 aliphatic carbocycles. The third-order valence-electron chi connectivity index (χ3n) is 4.12. The molecule has 0 aliphatic rings. The number of sulfonamides is 1. The van der Waals surface area contributed by atoms with Crippen LogP contribution in [-0.2, 0) is 16.6 Å². The lowest BCUT2D eigenvalue weighted by atomic mass is 10.2. The van der Waals surface area contributed by atoms with Crippen molar-refractivity contribution in [3.63, 3.8) is 0 Å². The van der Waals surface area contributed by atoms with Gasteiger partial charge < -0.3 is 9.32 Å². The number of nitrogens with one attached hydrogen (secondary N) is 1. The van der Waals surface area contributed by atoms with Gasteiger partial charge in [-0.15, -0.1) is 0 Å². The van der Waals surface area contributed by atoms with Crippen LogP contribution in [0.3, 0.4) is 0 Å². The second-order valence-corrected chi connectivity index (χ2v) is 8.52. The van der Waals surface area contributed by atoms with Crippen LogP contribution in [-0.4, -0.2) is 26.3 Å². The van der Waals surface area contributed by atoms with Crippen molar-refractivity contribution in [2.45, 2.75) is 18.4 Å². The first kappa shape index (κ1) is 20.9. The van der Waals surface area contributed by atoms with Gasteiger partial charge in [0, 0.05) is 18.3 Å². The Hall–Kier alpha value is -2.84. The van der Waals surface area contributed by atoms with Crippen molar-refractivity contribution >= 4 is 33.2 Å². The molecule has 1 aromatic heterocycles. The van der Waals surface area contributed by atoms with Gasteiger partial charge in [-0.25, -0.2) is 12.8 Å². The fourth-order valence-electron chi connectivity index (χ4n) is 2.63. The number of amides is 1. The molecule has 152 valence electrons. The lowest BCUT2D eigenvalue weighted by Gasteiger charge is -2.16. The van der Waals surface area contributed by atoms with Crippen LogP contribution in [0.2, 0.25) is 5.02 Å². The first-order valence-electron chi connectivity index (χ1n) is 8.54. The topological polar surface area (TPSA) is 79.6 Å². The first-order chi connectivity index (χ1) is 13.7. The minimum atomic E-state index is -3.95. The number of furan rings is 1. The molecule has 0 bridgehead atoms. The summed E-state index contributed by atoms with van der Waals surface area (Å²) in [7, 11) is -2.30. The highest BCUT2D eigenvalue weighted by Crippen LogP contribution is 2.22. The van der Waals surface area contributed by atoms with Gasteiger partial charge in [-0.1, -0.05) is 11.6 Å². The van der Waals surface area contributed by atoms with Crippen LogP contribution in [0.5, 0.6) is 0 Å². The Morgan fingerprint density at radius 1 is 1.14 bits per heavy atom. The van der Waals surface area contributed by atoms with E-state index < -0.39 is 15.8 Å². The average Bonchev–Trinajstić information content (AvgIpc) is 3.08. The number of hydrogen-bond donors (Lipinski definition) is 1. The van der Waals surface area contributed by atoms with Crippen LogP contribution in [0.1, 0.15) is 21.9 Å². The molecule has 0 aliphatic heterocycles. The Balaban J connectivity index is 1.70. The van der Waals surface area contributed by atoms with Crippen LogP contribution in [0.15, 0.2) is 63.9 Å². The predicted octanol–water partition coefficient (Wildman–Crippen LogP) is 4.45. The number of anilines is 1. The molecule has 0 fully saturated rings.